The molecule has 0 bridgehead atoms. The van der Waals surface area contributed by atoms with Crippen molar-refractivity contribution in [2.24, 2.45) is 105 Å². The summed E-state index contributed by atoms with van der Waals surface area (Å²) in [5.41, 5.74) is 5.19. The lowest BCUT2D eigenvalue weighted by Crippen LogP contribution is -2.54. The molecule has 0 N–H and O–H groups in total. The molecule has 11 rings (SSSR count). The Morgan fingerprint density at radius 3 is 1.01 bits per heavy atom. The first-order valence-electron chi connectivity index (χ1n) is 46.7. The van der Waals surface area contributed by atoms with Crippen LogP contribution in [-0.2, 0) is 28.7 Å². The molecule has 0 amide bonds. The van der Waals surface area contributed by atoms with E-state index in [0.717, 1.165) is 209 Å². The van der Waals surface area contributed by atoms with Crippen molar-refractivity contribution in [3.63, 3.8) is 0 Å². The van der Waals surface area contributed by atoms with Gasteiger partial charge in [-0.05, 0) is 269 Å². The highest BCUT2D eigenvalue weighted by Gasteiger charge is 2.63. The minimum absolute atomic E-state index is 0.00487. The first-order chi connectivity index (χ1) is 54.9. The Morgan fingerprint density at radius 2 is 0.675 bits per heavy atom. The molecule has 0 spiro atoms. The van der Waals surface area contributed by atoms with Crippen molar-refractivity contribution in [1.82, 2.24) is 0 Å². The van der Waals surface area contributed by atoms with E-state index in [2.05, 4.69) is 69.2 Å². The molecule has 0 heterocycles. The Labute approximate surface area is 690 Å². The van der Waals surface area contributed by atoms with E-state index in [9.17, 15) is 19.2 Å². The van der Waals surface area contributed by atoms with E-state index in [0.29, 0.717) is 93.7 Å². The number of rotatable bonds is 42. The van der Waals surface area contributed by atoms with Gasteiger partial charge in [-0.3, -0.25) is 19.2 Å². The number of esters is 4. The number of fused-ring (bicyclic) bond motifs is 10. The lowest BCUT2D eigenvalue weighted by Gasteiger charge is -2.61. The second-order valence-electron chi connectivity index (χ2n) is 39.9. The molecule has 12 heteroatoms. The van der Waals surface area contributed by atoms with Crippen LogP contribution in [0.3, 0.4) is 0 Å². The van der Waals surface area contributed by atoms with E-state index < -0.39 is 0 Å². The van der Waals surface area contributed by atoms with Crippen LogP contribution < -0.4 is 28.4 Å². The van der Waals surface area contributed by atoms with Crippen LogP contribution in [0, 0.1) is 105 Å². The highest BCUT2D eigenvalue weighted by atomic mass is 16.6. The maximum absolute atomic E-state index is 13.2. The van der Waals surface area contributed by atoms with Gasteiger partial charge < -0.3 is 37.9 Å². The third-order valence-corrected chi connectivity index (χ3v) is 32.1. The van der Waals surface area contributed by atoms with Crippen molar-refractivity contribution in [3.8, 4) is 34.5 Å². The summed E-state index contributed by atoms with van der Waals surface area (Å²) < 4.78 is 47.3. The zero-order valence-corrected chi connectivity index (χ0v) is 73.8. The summed E-state index contributed by atoms with van der Waals surface area (Å²) in [6.45, 7) is 25.4. The summed E-state index contributed by atoms with van der Waals surface area (Å²) >= 11 is 0. The molecule has 0 aromatic heterocycles. The van der Waals surface area contributed by atoms with Gasteiger partial charge in [-0.15, -0.1) is 0 Å². The van der Waals surface area contributed by atoms with Gasteiger partial charge in [0, 0.05) is 49.9 Å². The molecule has 3 aromatic carbocycles. The standard InChI is InChI=1S/C102H154O12/c1-69(2)31-29-33-71(5)85-51-53-87-81-49-45-75-63-77(55-59-99(75,7)89(81)57-61-101(85,87)9)111-95(103)35-25-21-17-15-19-23-27-37-97(105)113-79-65-91(107-11)83(92(66-79)108-12)47-43-73-39-41-74(42-40-73)44-48-84-93(109-13)67-80(68-94(84)110-14)114-98(106)38-28-24-20-16-18-22-26-36-96(104)112-78-56-60-100(8)76(64-78)46-50-82-88-54-52-86(72(6)34-30-32-70(3)4)102(88,10)62-58-90(82)100/h39-44,47-48,65-72,75-78,81-82,85-90H,15-38,45-46,49-64H2,1-14H3/b47-43+,48-44+/t71-,72-,75?,76?,77?,78?,81+,82+,85-,86-,87+,88+,89+,90+,99+,100+,101-,102-/m1/s1. The Bertz CT molecular complexity index is 3340. The summed E-state index contributed by atoms with van der Waals surface area (Å²) in [5.74, 6) is 14.0. The van der Waals surface area contributed by atoms with Crippen molar-refractivity contribution >= 4 is 48.2 Å². The van der Waals surface area contributed by atoms with Gasteiger partial charge in [-0.1, -0.05) is 208 Å². The van der Waals surface area contributed by atoms with Crippen molar-refractivity contribution in [2.45, 2.75) is 351 Å². The topological polar surface area (TPSA) is 142 Å². The lowest BCUT2D eigenvalue weighted by atomic mass is 9.44. The number of hydrogen-bond acceptors (Lipinski definition) is 12. The van der Waals surface area contributed by atoms with Crippen molar-refractivity contribution in [3.05, 3.63) is 70.8 Å². The van der Waals surface area contributed by atoms with E-state index in [4.69, 9.17) is 37.9 Å². The fraction of sp³-hybridized carbons (Fsp3) is 0.745. The minimum atomic E-state index is -0.290. The summed E-state index contributed by atoms with van der Waals surface area (Å²) in [6, 6.07) is 15.0. The molecule has 8 aliphatic rings. The van der Waals surface area contributed by atoms with E-state index in [1.165, 1.54) is 128 Å². The maximum Gasteiger partial charge on any atom is 0.311 e. The Kier molecular flexibility index (Phi) is 32.6. The monoisotopic (exact) mass is 1570 g/mol. The molecule has 18 atom stereocenters. The molecule has 12 nitrogen and oxygen atoms in total. The molecule has 0 radical (unpaired) electrons. The number of ether oxygens (including phenoxy) is 8. The number of methoxy groups -OCH3 is 4. The maximum atomic E-state index is 13.2. The largest absolute Gasteiger partial charge is 0.496 e. The highest BCUT2D eigenvalue weighted by Crippen LogP contribution is 2.71. The summed E-state index contributed by atoms with van der Waals surface area (Å²) in [4.78, 5) is 52.5. The Morgan fingerprint density at radius 1 is 0.360 bits per heavy atom. The minimum Gasteiger partial charge on any atom is -0.496 e. The Hall–Kier alpha value is -5.78. The lowest BCUT2D eigenvalue weighted by molar-refractivity contribution is -0.163. The second kappa shape index (κ2) is 41.8. The summed E-state index contributed by atoms with van der Waals surface area (Å²) in [5, 5.41) is 0. The molecule has 0 aliphatic heterocycles. The molecule has 8 fully saturated rings. The molecule has 8 aliphatic carbocycles. The van der Waals surface area contributed by atoms with Crippen LogP contribution in [0.15, 0.2) is 48.5 Å². The van der Waals surface area contributed by atoms with Crippen molar-refractivity contribution < 1.29 is 57.1 Å². The highest BCUT2D eigenvalue weighted by molar-refractivity contribution is 5.81. The number of carbonyl (C=O) groups is 4. The van der Waals surface area contributed by atoms with E-state index in [-0.39, 0.29) is 36.1 Å². The van der Waals surface area contributed by atoms with E-state index >= 15 is 0 Å². The van der Waals surface area contributed by atoms with Crippen LogP contribution in [0.25, 0.3) is 24.3 Å². The second-order valence-corrected chi connectivity index (χ2v) is 39.9. The molecular weight excluding hydrogens is 1420 g/mol. The number of carbonyl (C=O) groups excluding carboxylic acids is 4. The van der Waals surface area contributed by atoms with Crippen LogP contribution in [0.1, 0.15) is 361 Å². The Balaban J connectivity index is 0.521. The number of benzene rings is 3. The average molecular weight is 1570 g/mol. The van der Waals surface area contributed by atoms with Crippen molar-refractivity contribution in [1.29, 1.82) is 0 Å². The molecule has 4 unspecified atom stereocenters. The molecule has 0 saturated heterocycles. The SMILES string of the molecule is COc1cc(OC(=O)CCCCCCCCCC(=O)OC2CC[C@@]3(C)C(CC[C@H]4[C@@H]5CC[C@H]([C@H](C)CCCC(C)C)[C@@]5(C)CC[C@@H]43)C2)cc(OC)c1/C=C/c1ccc(/C=C/c2c(OC)cc(OC(=O)CCCCCCCCCC(=O)OC3CC[C@@]4(C)C(CC[C@H]5[C@@H]6CC[C@H]([C@H](C)CCCC(C)C)[C@@]6(C)CC[C@@H]54)C3)cc2OC)cc1. The first-order valence-corrected chi connectivity index (χ1v) is 46.7. The van der Waals surface area contributed by atoms with Crippen LogP contribution >= 0.6 is 0 Å². The normalized spacial score (nSPS) is 30.2. The average Bonchev–Trinajstić information content (AvgIpc) is 1.49. The van der Waals surface area contributed by atoms with E-state index in [1.54, 1.807) is 52.7 Å². The summed E-state index contributed by atoms with van der Waals surface area (Å²) in [6.07, 6.45) is 55.0. The smallest absolute Gasteiger partial charge is 0.311 e. The molecule has 634 valence electrons. The molecular formula is C102H154O12. The third kappa shape index (κ3) is 22.2. The van der Waals surface area contributed by atoms with Gasteiger partial charge in [-0.2, -0.15) is 0 Å². The molecule has 114 heavy (non-hydrogen) atoms. The third-order valence-electron chi connectivity index (χ3n) is 32.1. The van der Waals surface area contributed by atoms with Crippen molar-refractivity contribution in [2.75, 3.05) is 28.4 Å². The van der Waals surface area contributed by atoms with Gasteiger partial charge in [0.25, 0.3) is 0 Å². The number of hydrogen-bond donors (Lipinski definition) is 0. The predicted octanol–water partition coefficient (Wildman–Crippen LogP) is 27.0. The predicted molar refractivity (Wildman–Crippen MR) is 464 cm³/mol. The molecule has 8 saturated carbocycles. The quantitative estimate of drug-likeness (QED) is 0.0231. The zero-order chi connectivity index (χ0) is 81.2. The first kappa shape index (κ1) is 89.0. The van der Waals surface area contributed by atoms with Crippen LogP contribution in [0.4, 0.5) is 0 Å². The van der Waals surface area contributed by atoms with Gasteiger partial charge in [-0.25, -0.2) is 0 Å². The van der Waals surface area contributed by atoms with Crippen LogP contribution in [0.2, 0.25) is 0 Å². The van der Waals surface area contributed by atoms with Gasteiger partial charge >= 0.3 is 23.9 Å². The van der Waals surface area contributed by atoms with E-state index in [1.807, 2.05) is 48.6 Å². The van der Waals surface area contributed by atoms with Crippen LogP contribution in [-0.4, -0.2) is 64.5 Å². The molecule has 3 aromatic rings. The summed E-state index contributed by atoms with van der Waals surface area (Å²) in [7, 11) is 6.37. The number of unbranched alkanes of at least 4 members (excludes halogenated alkanes) is 12. The van der Waals surface area contributed by atoms with Gasteiger partial charge in [0.15, 0.2) is 0 Å². The zero-order valence-electron chi connectivity index (χ0n) is 73.8. The van der Waals surface area contributed by atoms with Crippen LogP contribution in [0.5, 0.6) is 34.5 Å². The van der Waals surface area contributed by atoms with Gasteiger partial charge in [0.1, 0.15) is 46.7 Å². The van der Waals surface area contributed by atoms with Gasteiger partial charge in [0.05, 0.1) is 39.6 Å². The fourth-order valence-electron chi connectivity index (χ4n) is 25.8. The fourth-order valence-corrected chi connectivity index (χ4v) is 25.8. The van der Waals surface area contributed by atoms with Gasteiger partial charge in [0.2, 0.25) is 0 Å².